The molecule has 0 aliphatic heterocycles. The smallest absolute Gasteiger partial charge is 0.270 e. The monoisotopic (exact) mass is 377 g/mol. The number of amides is 1. The average molecular weight is 377 g/mol. The molecule has 7 nitrogen and oxygen atoms in total. The zero-order valence-corrected chi connectivity index (χ0v) is 16.1. The van der Waals surface area contributed by atoms with Crippen LogP contribution in [-0.2, 0) is 16.6 Å². The van der Waals surface area contributed by atoms with Crippen molar-refractivity contribution in [3.05, 3.63) is 53.7 Å². The second-order valence-corrected chi connectivity index (χ2v) is 8.36. The lowest BCUT2D eigenvalue weighted by molar-refractivity contribution is 0.0936. The van der Waals surface area contributed by atoms with Crippen LogP contribution in [0.4, 0.5) is 0 Å². The van der Waals surface area contributed by atoms with Gasteiger partial charge < -0.3 is 10.1 Å². The lowest BCUT2D eigenvalue weighted by atomic mass is 10.2. The minimum Gasteiger partial charge on any atom is -0.473 e. The number of rotatable bonds is 7. The first kappa shape index (κ1) is 19.9. The van der Waals surface area contributed by atoms with Crippen molar-refractivity contribution in [2.45, 2.75) is 31.4 Å². The summed E-state index contributed by atoms with van der Waals surface area (Å²) in [6.07, 6.45) is 0. The fourth-order valence-electron chi connectivity index (χ4n) is 2.12. The summed E-state index contributed by atoms with van der Waals surface area (Å²) in [5, 5.41) is 2.77. The summed E-state index contributed by atoms with van der Waals surface area (Å²) in [4.78, 5) is 16.4. The third-order valence-electron chi connectivity index (χ3n) is 3.44. The van der Waals surface area contributed by atoms with E-state index in [4.69, 9.17) is 4.74 Å². The van der Waals surface area contributed by atoms with Gasteiger partial charge in [-0.15, -0.1) is 0 Å². The molecule has 0 spiro atoms. The lowest BCUT2D eigenvalue weighted by Gasteiger charge is -2.13. The maximum absolute atomic E-state index is 12.2. The Kier molecular flexibility index (Phi) is 6.33. The third-order valence-corrected chi connectivity index (χ3v) is 5.25. The Balaban J connectivity index is 2.11. The van der Waals surface area contributed by atoms with Crippen LogP contribution in [0.5, 0.6) is 5.88 Å². The van der Waals surface area contributed by atoms with Gasteiger partial charge in [-0.1, -0.05) is 18.2 Å². The van der Waals surface area contributed by atoms with Gasteiger partial charge in [0.15, 0.2) is 0 Å². The van der Waals surface area contributed by atoms with Gasteiger partial charge in [-0.2, -0.15) is 0 Å². The van der Waals surface area contributed by atoms with Crippen LogP contribution in [0.15, 0.2) is 47.4 Å². The zero-order valence-electron chi connectivity index (χ0n) is 15.3. The number of carbonyl (C=O) groups excluding carboxylic acids is 1. The predicted octanol–water partition coefficient (Wildman–Crippen LogP) is 2.05. The number of ether oxygens (including phenoxy) is 1. The molecule has 0 radical (unpaired) electrons. The molecule has 0 fully saturated rings. The van der Waals surface area contributed by atoms with Gasteiger partial charge in [0, 0.05) is 26.2 Å². The summed E-state index contributed by atoms with van der Waals surface area (Å²) in [7, 11) is -0.538. The van der Waals surface area contributed by atoms with Gasteiger partial charge in [0.05, 0.1) is 4.90 Å². The van der Waals surface area contributed by atoms with Gasteiger partial charge in [0.25, 0.3) is 5.91 Å². The highest BCUT2D eigenvalue weighted by atomic mass is 32.2. The Morgan fingerprint density at radius 2 is 1.88 bits per heavy atom. The molecule has 2 aromatic rings. The first-order valence-electron chi connectivity index (χ1n) is 8.12. The molecule has 1 heterocycles. The Morgan fingerprint density at radius 1 is 1.19 bits per heavy atom. The van der Waals surface area contributed by atoms with E-state index in [-0.39, 0.29) is 29.1 Å². The van der Waals surface area contributed by atoms with Gasteiger partial charge in [-0.3, -0.25) is 4.79 Å². The zero-order chi connectivity index (χ0) is 19.3. The molecule has 1 aromatic carbocycles. The molecule has 0 bridgehead atoms. The Labute approximate surface area is 154 Å². The van der Waals surface area contributed by atoms with Gasteiger partial charge in [0.1, 0.15) is 12.3 Å². The first-order chi connectivity index (χ1) is 12.2. The van der Waals surface area contributed by atoms with Crippen LogP contribution in [0.25, 0.3) is 0 Å². The van der Waals surface area contributed by atoms with Crippen LogP contribution >= 0.6 is 0 Å². The van der Waals surface area contributed by atoms with E-state index in [0.29, 0.717) is 11.4 Å². The number of hydrogen-bond donors (Lipinski definition) is 1. The van der Waals surface area contributed by atoms with Crippen LogP contribution in [0.1, 0.15) is 29.9 Å². The van der Waals surface area contributed by atoms with E-state index in [0.717, 1.165) is 4.31 Å². The molecule has 26 heavy (non-hydrogen) atoms. The number of aromatic nitrogens is 1. The number of carbonyl (C=O) groups is 1. The minimum atomic E-state index is -3.50. The second-order valence-electron chi connectivity index (χ2n) is 6.21. The van der Waals surface area contributed by atoms with E-state index < -0.39 is 10.0 Å². The largest absolute Gasteiger partial charge is 0.473 e. The number of hydrogen-bond acceptors (Lipinski definition) is 5. The molecule has 1 amide bonds. The molecule has 0 unspecified atom stereocenters. The topological polar surface area (TPSA) is 88.6 Å². The number of pyridine rings is 1. The molecular formula is C18H23N3O4S. The molecule has 8 heteroatoms. The molecule has 0 atom stereocenters. The van der Waals surface area contributed by atoms with Crippen LogP contribution in [-0.4, -0.2) is 43.8 Å². The van der Waals surface area contributed by atoms with Crippen molar-refractivity contribution in [2.75, 3.05) is 14.1 Å². The third kappa shape index (κ3) is 5.03. The van der Waals surface area contributed by atoms with Gasteiger partial charge in [-0.05, 0) is 37.6 Å². The summed E-state index contributed by atoms with van der Waals surface area (Å²) in [5.74, 6) is 0.0202. The summed E-state index contributed by atoms with van der Waals surface area (Å²) < 4.78 is 31.2. The maximum atomic E-state index is 12.2. The molecule has 1 N–H and O–H groups in total. The number of nitrogens with one attached hydrogen (secondary N) is 1. The summed E-state index contributed by atoms with van der Waals surface area (Å²) in [6, 6.07) is 11.5. The van der Waals surface area contributed by atoms with Gasteiger partial charge in [-0.25, -0.2) is 17.7 Å². The molecule has 0 aliphatic rings. The molecule has 0 aliphatic carbocycles. The fraction of sp³-hybridized carbons (Fsp3) is 0.333. The Bertz CT molecular complexity index is 880. The molecule has 1 aromatic heterocycles. The quantitative estimate of drug-likeness (QED) is 0.798. The van der Waals surface area contributed by atoms with E-state index in [1.165, 1.54) is 20.2 Å². The molecule has 0 saturated carbocycles. The number of sulfonamides is 1. The fourth-order valence-corrected chi connectivity index (χ4v) is 3.09. The minimum absolute atomic E-state index is 0.00950. The van der Waals surface area contributed by atoms with Crippen molar-refractivity contribution in [1.82, 2.24) is 14.6 Å². The van der Waals surface area contributed by atoms with Crippen molar-refractivity contribution < 1.29 is 17.9 Å². The normalized spacial score (nSPS) is 11.6. The summed E-state index contributed by atoms with van der Waals surface area (Å²) >= 11 is 0. The summed E-state index contributed by atoms with van der Waals surface area (Å²) in [6.45, 7) is 3.87. The SMILES string of the molecule is CC(C)NC(=O)c1cccc(OCc2cccc(S(=O)(=O)N(C)C)c2)n1. The summed E-state index contributed by atoms with van der Waals surface area (Å²) in [5.41, 5.74) is 0.951. The first-order valence-corrected chi connectivity index (χ1v) is 9.56. The molecule has 0 saturated heterocycles. The number of benzene rings is 1. The lowest BCUT2D eigenvalue weighted by Crippen LogP contribution is -2.30. The second kappa shape index (κ2) is 8.29. The van der Waals surface area contributed by atoms with Crippen LogP contribution < -0.4 is 10.1 Å². The van der Waals surface area contributed by atoms with E-state index >= 15 is 0 Å². The Morgan fingerprint density at radius 3 is 2.54 bits per heavy atom. The van der Waals surface area contributed by atoms with Crippen molar-refractivity contribution in [1.29, 1.82) is 0 Å². The highest BCUT2D eigenvalue weighted by Gasteiger charge is 2.17. The maximum Gasteiger partial charge on any atom is 0.270 e. The highest BCUT2D eigenvalue weighted by Crippen LogP contribution is 2.16. The van der Waals surface area contributed by atoms with Crippen molar-refractivity contribution in [3.63, 3.8) is 0 Å². The van der Waals surface area contributed by atoms with Crippen molar-refractivity contribution >= 4 is 15.9 Å². The van der Waals surface area contributed by atoms with Gasteiger partial charge >= 0.3 is 0 Å². The molecular weight excluding hydrogens is 354 g/mol. The number of nitrogens with zero attached hydrogens (tertiary/aromatic N) is 2. The van der Waals surface area contributed by atoms with E-state index in [1.807, 2.05) is 13.8 Å². The van der Waals surface area contributed by atoms with Crippen molar-refractivity contribution in [2.24, 2.45) is 0 Å². The van der Waals surface area contributed by atoms with E-state index in [9.17, 15) is 13.2 Å². The standard InChI is InChI=1S/C18H23N3O4S/c1-13(2)19-18(22)16-9-6-10-17(20-16)25-12-14-7-5-8-15(11-14)26(23,24)21(3)4/h5-11,13H,12H2,1-4H3,(H,19,22). The van der Waals surface area contributed by atoms with Crippen molar-refractivity contribution in [3.8, 4) is 5.88 Å². The average Bonchev–Trinajstić information content (AvgIpc) is 2.59. The van der Waals surface area contributed by atoms with Crippen LogP contribution in [0.2, 0.25) is 0 Å². The Hall–Kier alpha value is -2.45. The van der Waals surface area contributed by atoms with E-state index in [2.05, 4.69) is 10.3 Å². The highest BCUT2D eigenvalue weighted by molar-refractivity contribution is 7.89. The molecule has 140 valence electrons. The van der Waals surface area contributed by atoms with Gasteiger partial charge in [0.2, 0.25) is 15.9 Å². The van der Waals surface area contributed by atoms with Crippen LogP contribution in [0, 0.1) is 0 Å². The van der Waals surface area contributed by atoms with Crippen LogP contribution in [0.3, 0.4) is 0 Å². The van der Waals surface area contributed by atoms with E-state index in [1.54, 1.807) is 36.4 Å². The molecule has 2 rings (SSSR count). The predicted molar refractivity (Wildman–Crippen MR) is 98.5 cm³/mol.